The van der Waals surface area contributed by atoms with Gasteiger partial charge in [0.2, 0.25) is 5.91 Å². The second kappa shape index (κ2) is 10.4. The van der Waals surface area contributed by atoms with Gasteiger partial charge in [-0.3, -0.25) is 4.79 Å². The molecule has 0 fully saturated rings. The van der Waals surface area contributed by atoms with Gasteiger partial charge in [-0.1, -0.05) is 66.9 Å². The summed E-state index contributed by atoms with van der Waals surface area (Å²) in [4.78, 5) is 18.2. The normalized spacial score (nSPS) is 12.1. The van der Waals surface area contributed by atoms with Crippen LogP contribution in [0.25, 0.3) is 11.0 Å². The van der Waals surface area contributed by atoms with Crippen LogP contribution < -0.4 is 5.32 Å². The molecule has 0 saturated heterocycles. The Labute approximate surface area is 202 Å². The molecule has 4 rings (SSSR count). The van der Waals surface area contributed by atoms with Crippen molar-refractivity contribution in [3.8, 4) is 0 Å². The number of nitrogens with one attached hydrogen (secondary N) is 1. The highest BCUT2D eigenvalue weighted by Crippen LogP contribution is 2.29. The summed E-state index contributed by atoms with van der Waals surface area (Å²) in [5.41, 5.74) is 3.45. The first-order valence-electron chi connectivity index (χ1n) is 10.9. The van der Waals surface area contributed by atoms with Crippen molar-refractivity contribution in [3.63, 3.8) is 0 Å². The van der Waals surface area contributed by atoms with Crippen LogP contribution in [0.1, 0.15) is 42.8 Å². The summed E-state index contributed by atoms with van der Waals surface area (Å²) in [7, 11) is 0. The van der Waals surface area contributed by atoms with Gasteiger partial charge in [-0.2, -0.15) is 0 Å². The zero-order valence-electron chi connectivity index (χ0n) is 18.2. The average Bonchev–Trinajstić information content (AvgIpc) is 3.16. The summed E-state index contributed by atoms with van der Waals surface area (Å²) in [6.07, 6.45) is 1.94. The van der Waals surface area contributed by atoms with Crippen molar-refractivity contribution < 1.29 is 9.18 Å². The molecule has 0 aliphatic carbocycles. The van der Waals surface area contributed by atoms with Gasteiger partial charge in [-0.25, -0.2) is 9.37 Å². The molecule has 7 heteroatoms. The molecule has 0 bridgehead atoms. The van der Waals surface area contributed by atoms with E-state index < -0.39 is 6.04 Å². The molecular formula is C26H24Cl2FN3O. The lowest BCUT2D eigenvalue weighted by Gasteiger charge is -2.21. The molecule has 1 atom stereocenters. The Kier molecular flexibility index (Phi) is 7.31. The van der Waals surface area contributed by atoms with Crippen LogP contribution >= 0.6 is 23.2 Å². The lowest BCUT2D eigenvalue weighted by atomic mass is 10.1. The zero-order chi connectivity index (χ0) is 23.4. The predicted molar refractivity (Wildman–Crippen MR) is 131 cm³/mol. The summed E-state index contributed by atoms with van der Waals surface area (Å²) in [5.74, 6) is 0.355. The summed E-state index contributed by atoms with van der Waals surface area (Å²) >= 11 is 12.5. The molecule has 1 aromatic heterocycles. The SMILES string of the molecule is CCC[C@@H](C(=O)NCc1ccc(F)cc1)n1c(Cc2ccc(Cl)cc2Cl)nc2ccccc21. The number of halogens is 3. The Morgan fingerprint density at radius 3 is 2.58 bits per heavy atom. The number of aromatic nitrogens is 2. The van der Waals surface area contributed by atoms with Crippen molar-refractivity contribution in [2.75, 3.05) is 0 Å². The molecule has 4 nitrogen and oxygen atoms in total. The molecular weight excluding hydrogens is 460 g/mol. The fourth-order valence-corrected chi connectivity index (χ4v) is 4.44. The topological polar surface area (TPSA) is 46.9 Å². The first-order chi connectivity index (χ1) is 16.0. The number of imidazole rings is 1. The van der Waals surface area contributed by atoms with Crippen LogP contribution in [0.2, 0.25) is 10.0 Å². The predicted octanol–water partition coefficient (Wildman–Crippen LogP) is 6.73. The van der Waals surface area contributed by atoms with Crippen molar-refractivity contribution in [1.29, 1.82) is 0 Å². The van der Waals surface area contributed by atoms with E-state index in [1.54, 1.807) is 24.3 Å². The number of carbonyl (C=O) groups is 1. The summed E-state index contributed by atoms with van der Waals surface area (Å²) in [6.45, 7) is 2.37. The number of carbonyl (C=O) groups excluding carboxylic acids is 1. The van der Waals surface area contributed by atoms with Crippen LogP contribution in [0.4, 0.5) is 4.39 Å². The lowest BCUT2D eigenvalue weighted by Crippen LogP contribution is -2.33. The van der Waals surface area contributed by atoms with E-state index in [-0.39, 0.29) is 11.7 Å². The number of benzene rings is 3. The molecule has 4 aromatic rings. The summed E-state index contributed by atoms with van der Waals surface area (Å²) < 4.78 is 15.2. The maximum absolute atomic E-state index is 13.4. The Morgan fingerprint density at radius 2 is 1.85 bits per heavy atom. The third-order valence-corrected chi connectivity index (χ3v) is 6.18. The number of nitrogens with zero attached hydrogens (tertiary/aromatic N) is 2. The molecule has 1 heterocycles. The van der Waals surface area contributed by atoms with Gasteiger partial charge in [0.15, 0.2) is 0 Å². The van der Waals surface area contributed by atoms with Gasteiger partial charge >= 0.3 is 0 Å². The minimum Gasteiger partial charge on any atom is -0.350 e. The van der Waals surface area contributed by atoms with E-state index in [0.717, 1.165) is 34.4 Å². The molecule has 0 aliphatic rings. The van der Waals surface area contributed by atoms with Crippen molar-refractivity contribution >= 4 is 40.1 Å². The molecule has 33 heavy (non-hydrogen) atoms. The number of amides is 1. The van der Waals surface area contributed by atoms with E-state index in [1.807, 2.05) is 34.9 Å². The van der Waals surface area contributed by atoms with Gasteiger partial charge in [-0.05, 0) is 53.9 Å². The van der Waals surface area contributed by atoms with Gasteiger partial charge in [-0.15, -0.1) is 0 Å². The third kappa shape index (κ3) is 5.37. The monoisotopic (exact) mass is 483 g/mol. The molecule has 0 spiro atoms. The number of hydrogen-bond acceptors (Lipinski definition) is 2. The van der Waals surface area contributed by atoms with Crippen LogP contribution in [0, 0.1) is 5.82 Å². The highest BCUT2D eigenvalue weighted by atomic mass is 35.5. The molecule has 3 aromatic carbocycles. The molecule has 0 radical (unpaired) electrons. The van der Waals surface area contributed by atoms with Crippen molar-refractivity contribution in [1.82, 2.24) is 14.9 Å². The lowest BCUT2D eigenvalue weighted by molar-refractivity contribution is -0.124. The van der Waals surface area contributed by atoms with Crippen molar-refractivity contribution in [2.24, 2.45) is 0 Å². The molecule has 1 N–H and O–H groups in total. The largest absolute Gasteiger partial charge is 0.350 e. The summed E-state index contributed by atoms with van der Waals surface area (Å²) in [5, 5.41) is 4.15. The van der Waals surface area contributed by atoms with Crippen LogP contribution in [0.3, 0.4) is 0 Å². The quantitative estimate of drug-likeness (QED) is 0.302. The number of fused-ring (bicyclic) bond motifs is 1. The number of hydrogen-bond donors (Lipinski definition) is 1. The Balaban J connectivity index is 1.68. The van der Waals surface area contributed by atoms with E-state index in [0.29, 0.717) is 29.4 Å². The maximum atomic E-state index is 13.4. The van der Waals surface area contributed by atoms with E-state index in [2.05, 4.69) is 12.2 Å². The first-order valence-corrected chi connectivity index (χ1v) is 11.6. The zero-order valence-corrected chi connectivity index (χ0v) is 19.7. The van der Waals surface area contributed by atoms with Gasteiger partial charge in [0.1, 0.15) is 17.7 Å². The van der Waals surface area contributed by atoms with Crippen LogP contribution in [-0.2, 0) is 17.8 Å². The molecule has 0 unspecified atom stereocenters. The minimum atomic E-state index is -0.441. The number of rotatable bonds is 8. The van der Waals surface area contributed by atoms with Crippen molar-refractivity contribution in [3.05, 3.63) is 99.5 Å². The van der Waals surface area contributed by atoms with Crippen LogP contribution in [0.5, 0.6) is 0 Å². The van der Waals surface area contributed by atoms with Gasteiger partial charge in [0.25, 0.3) is 0 Å². The van der Waals surface area contributed by atoms with Gasteiger partial charge in [0, 0.05) is 23.0 Å². The van der Waals surface area contributed by atoms with E-state index >= 15 is 0 Å². The second-order valence-electron chi connectivity index (χ2n) is 7.95. The highest BCUT2D eigenvalue weighted by molar-refractivity contribution is 6.35. The van der Waals surface area contributed by atoms with Crippen molar-refractivity contribution in [2.45, 2.75) is 38.8 Å². The van der Waals surface area contributed by atoms with Gasteiger partial charge < -0.3 is 9.88 Å². The Morgan fingerprint density at radius 1 is 1.09 bits per heavy atom. The third-order valence-electron chi connectivity index (χ3n) is 5.59. The van der Waals surface area contributed by atoms with E-state index in [9.17, 15) is 9.18 Å². The maximum Gasteiger partial charge on any atom is 0.243 e. The van der Waals surface area contributed by atoms with E-state index in [1.165, 1.54) is 12.1 Å². The Hall–Kier alpha value is -2.89. The van der Waals surface area contributed by atoms with Crippen LogP contribution in [0.15, 0.2) is 66.7 Å². The summed E-state index contributed by atoms with van der Waals surface area (Å²) in [6, 6.07) is 18.9. The highest BCUT2D eigenvalue weighted by Gasteiger charge is 2.25. The molecule has 170 valence electrons. The minimum absolute atomic E-state index is 0.104. The molecule has 0 aliphatic heterocycles. The standard InChI is InChI=1S/C26H24Cl2FN3O/c1-2-5-24(26(33)30-16-17-8-12-20(29)13-9-17)32-23-7-4-3-6-22(23)31-25(32)14-18-10-11-19(27)15-21(18)28/h3-4,6-13,15,24H,2,5,14,16H2,1H3,(H,30,33)/t24-/m0/s1. The number of para-hydroxylation sites is 2. The Bertz CT molecular complexity index is 1270. The van der Waals surface area contributed by atoms with E-state index in [4.69, 9.17) is 28.2 Å². The second-order valence-corrected chi connectivity index (χ2v) is 8.79. The smallest absolute Gasteiger partial charge is 0.243 e. The first kappa shape index (κ1) is 23.3. The van der Waals surface area contributed by atoms with Gasteiger partial charge in [0.05, 0.1) is 11.0 Å². The fourth-order valence-electron chi connectivity index (χ4n) is 3.96. The van der Waals surface area contributed by atoms with Crippen LogP contribution in [-0.4, -0.2) is 15.5 Å². The molecule has 0 saturated carbocycles. The fraction of sp³-hybridized carbons (Fsp3) is 0.231. The molecule has 1 amide bonds. The average molecular weight is 484 g/mol.